The van der Waals surface area contributed by atoms with Crippen molar-refractivity contribution in [2.24, 2.45) is 0 Å². The Labute approximate surface area is 92.9 Å². The fourth-order valence-corrected chi connectivity index (χ4v) is 0.418. The summed E-state index contributed by atoms with van der Waals surface area (Å²) in [6, 6.07) is 0. The summed E-state index contributed by atoms with van der Waals surface area (Å²) in [6.07, 6.45) is 4.02. The van der Waals surface area contributed by atoms with Gasteiger partial charge >= 0.3 is 0 Å². The summed E-state index contributed by atoms with van der Waals surface area (Å²) >= 11 is 0. The Morgan fingerprint density at radius 3 is 1.23 bits per heavy atom. The molecule has 0 amide bonds. The van der Waals surface area contributed by atoms with Crippen LogP contribution in [-0.4, -0.2) is 23.7 Å². The summed E-state index contributed by atoms with van der Waals surface area (Å²) in [5, 5.41) is 15.4. The zero-order valence-corrected chi connectivity index (χ0v) is 11.6. The zero-order valence-electron chi connectivity index (χ0n) is 8.66. The van der Waals surface area contributed by atoms with E-state index in [-0.39, 0.29) is 19.5 Å². The first-order valence-electron chi connectivity index (χ1n) is 4.36. The molecule has 0 aromatic rings. The van der Waals surface area contributed by atoms with E-state index in [2.05, 4.69) is 9.78 Å². The van der Waals surface area contributed by atoms with Crippen LogP contribution in [0.3, 0.4) is 0 Å². The maximum absolute atomic E-state index is 7.70. The number of rotatable bonds is 6. The molecule has 0 aliphatic carbocycles. The van der Waals surface area contributed by atoms with Crippen molar-refractivity contribution in [3.63, 3.8) is 0 Å². The van der Waals surface area contributed by atoms with Gasteiger partial charge in [0.15, 0.2) is 0 Å². The maximum Gasteiger partial charge on any atom is 0.0819 e. The van der Waals surface area contributed by atoms with Gasteiger partial charge in [-0.05, 0) is 12.8 Å². The SMILES string of the molecule is CCCCOO.CCCCOO.[Zn]. The van der Waals surface area contributed by atoms with Gasteiger partial charge in [0.2, 0.25) is 0 Å². The largest absolute Gasteiger partial charge is 0.252 e. The normalized spacial score (nSPS) is 8.31. The fourth-order valence-electron chi connectivity index (χ4n) is 0.418. The molecular formula is C8H20O4Zn. The van der Waals surface area contributed by atoms with Crippen LogP contribution in [0.25, 0.3) is 0 Å². The Kier molecular flexibility index (Phi) is 33.6. The first kappa shape index (κ1) is 19.1. The van der Waals surface area contributed by atoms with Gasteiger partial charge in [-0.3, -0.25) is 10.5 Å². The van der Waals surface area contributed by atoms with Crippen molar-refractivity contribution in [3.8, 4) is 0 Å². The van der Waals surface area contributed by atoms with Gasteiger partial charge < -0.3 is 0 Å². The van der Waals surface area contributed by atoms with E-state index >= 15 is 0 Å². The first-order valence-corrected chi connectivity index (χ1v) is 4.36. The standard InChI is InChI=1S/2C4H10O2.Zn/c2*1-2-3-4-6-5;/h2*5H,2-4H2,1H3;. The molecule has 0 radical (unpaired) electrons. The molecule has 78 valence electrons. The quantitative estimate of drug-likeness (QED) is 0.327. The third kappa shape index (κ3) is 32.7. The van der Waals surface area contributed by atoms with Crippen molar-refractivity contribution < 1.29 is 39.8 Å². The summed E-state index contributed by atoms with van der Waals surface area (Å²) in [5.74, 6) is 0. The van der Waals surface area contributed by atoms with Crippen LogP contribution in [0.1, 0.15) is 39.5 Å². The minimum Gasteiger partial charge on any atom is -0.252 e. The van der Waals surface area contributed by atoms with E-state index in [1.165, 1.54) is 0 Å². The molecule has 0 aliphatic rings. The Balaban J connectivity index is -0.000000143. The molecule has 0 bridgehead atoms. The summed E-state index contributed by atoms with van der Waals surface area (Å²) in [5.41, 5.74) is 0. The number of hydrogen-bond acceptors (Lipinski definition) is 4. The van der Waals surface area contributed by atoms with Gasteiger partial charge in [0.25, 0.3) is 0 Å². The van der Waals surface area contributed by atoms with Crippen LogP contribution in [0.2, 0.25) is 0 Å². The fraction of sp³-hybridized carbons (Fsp3) is 1.00. The minimum atomic E-state index is 0. The molecule has 0 spiro atoms. The van der Waals surface area contributed by atoms with Gasteiger partial charge in [-0.1, -0.05) is 26.7 Å². The van der Waals surface area contributed by atoms with Crippen LogP contribution < -0.4 is 0 Å². The van der Waals surface area contributed by atoms with Crippen molar-refractivity contribution >= 4 is 0 Å². The number of hydrogen-bond donors (Lipinski definition) is 2. The molecule has 0 saturated heterocycles. The molecular weight excluding hydrogens is 225 g/mol. The maximum atomic E-state index is 7.70. The molecule has 0 rings (SSSR count). The van der Waals surface area contributed by atoms with Gasteiger partial charge in [-0.15, -0.1) is 0 Å². The first-order chi connectivity index (χ1) is 5.83. The second-order valence-electron chi connectivity index (χ2n) is 2.37. The van der Waals surface area contributed by atoms with Gasteiger partial charge in [0.05, 0.1) is 13.2 Å². The van der Waals surface area contributed by atoms with Crippen molar-refractivity contribution in [3.05, 3.63) is 0 Å². The zero-order chi connectivity index (χ0) is 9.66. The Morgan fingerprint density at radius 2 is 1.15 bits per heavy atom. The Morgan fingerprint density at radius 1 is 0.846 bits per heavy atom. The average Bonchev–Trinajstić information content (AvgIpc) is 2.12. The van der Waals surface area contributed by atoms with E-state index < -0.39 is 0 Å². The van der Waals surface area contributed by atoms with Crippen LogP contribution in [-0.2, 0) is 29.3 Å². The Bertz CT molecular complexity index is 48.1. The molecule has 0 aromatic carbocycles. The van der Waals surface area contributed by atoms with E-state index in [1.807, 2.05) is 13.8 Å². The van der Waals surface area contributed by atoms with Crippen LogP contribution in [0.4, 0.5) is 0 Å². The van der Waals surface area contributed by atoms with E-state index in [1.54, 1.807) is 0 Å². The molecule has 0 atom stereocenters. The Hall–Kier alpha value is 0.463. The van der Waals surface area contributed by atoms with Crippen molar-refractivity contribution in [1.82, 2.24) is 0 Å². The predicted octanol–water partition coefficient (Wildman–Crippen LogP) is 2.55. The second-order valence-corrected chi connectivity index (χ2v) is 2.37. The molecule has 0 aliphatic heterocycles. The summed E-state index contributed by atoms with van der Waals surface area (Å²) in [4.78, 5) is 7.56. The topological polar surface area (TPSA) is 58.9 Å². The molecule has 0 unspecified atom stereocenters. The van der Waals surface area contributed by atoms with Gasteiger partial charge in [0.1, 0.15) is 0 Å². The molecule has 13 heavy (non-hydrogen) atoms. The third-order valence-corrected chi connectivity index (χ3v) is 1.18. The molecule has 0 saturated carbocycles. The van der Waals surface area contributed by atoms with E-state index in [9.17, 15) is 0 Å². The second kappa shape index (κ2) is 22.9. The minimum absolute atomic E-state index is 0. The van der Waals surface area contributed by atoms with Crippen LogP contribution in [0, 0.1) is 0 Å². The molecule has 0 heterocycles. The summed E-state index contributed by atoms with van der Waals surface area (Å²) < 4.78 is 0. The smallest absolute Gasteiger partial charge is 0.0819 e. The molecule has 4 nitrogen and oxygen atoms in total. The van der Waals surface area contributed by atoms with Crippen molar-refractivity contribution in [2.45, 2.75) is 39.5 Å². The predicted molar refractivity (Wildman–Crippen MR) is 47.0 cm³/mol. The van der Waals surface area contributed by atoms with Crippen LogP contribution >= 0.6 is 0 Å². The molecule has 0 fully saturated rings. The van der Waals surface area contributed by atoms with Crippen molar-refractivity contribution in [2.75, 3.05) is 13.2 Å². The van der Waals surface area contributed by atoms with Gasteiger partial charge in [0, 0.05) is 19.5 Å². The van der Waals surface area contributed by atoms with Crippen LogP contribution in [0.15, 0.2) is 0 Å². The van der Waals surface area contributed by atoms with E-state index in [4.69, 9.17) is 10.5 Å². The van der Waals surface area contributed by atoms with Crippen molar-refractivity contribution in [1.29, 1.82) is 0 Å². The summed E-state index contributed by atoms with van der Waals surface area (Å²) in [7, 11) is 0. The van der Waals surface area contributed by atoms with Gasteiger partial charge in [-0.2, -0.15) is 0 Å². The number of unbranched alkanes of at least 4 members (excludes halogenated alkanes) is 2. The third-order valence-electron chi connectivity index (χ3n) is 1.18. The van der Waals surface area contributed by atoms with Crippen LogP contribution in [0.5, 0.6) is 0 Å². The molecule has 2 N–H and O–H groups in total. The van der Waals surface area contributed by atoms with Gasteiger partial charge in [-0.25, -0.2) is 9.78 Å². The monoisotopic (exact) mass is 244 g/mol. The summed E-state index contributed by atoms with van der Waals surface area (Å²) in [6.45, 7) is 5.02. The average molecular weight is 246 g/mol. The molecule has 0 aromatic heterocycles. The van der Waals surface area contributed by atoms with E-state index in [0.717, 1.165) is 25.7 Å². The molecule has 5 heteroatoms. The van der Waals surface area contributed by atoms with E-state index in [0.29, 0.717) is 13.2 Å².